The van der Waals surface area contributed by atoms with E-state index in [0.29, 0.717) is 52.8 Å². The van der Waals surface area contributed by atoms with E-state index in [1.54, 1.807) is 20.4 Å². The Bertz CT molecular complexity index is 1120. The molecule has 8 nitrogen and oxygen atoms in total. The molecule has 3 aromatic rings. The normalized spacial score (nSPS) is 15.3. The fourth-order valence-electron chi connectivity index (χ4n) is 3.84. The number of ether oxygens (including phenoxy) is 3. The standard InChI is InChI=1S/C24H28N4O4/c1-4-5-7-16-14-32-24(29)20-22(27-16)21-18(8-6-11-25-21)28-23(20)26-13-15-9-10-17(30-2)12-19(15)31-3/h6,8-12,16,27H,4-5,7,13-14H2,1-3H3,(H,26,28)/t16-/m0/s1. The lowest BCUT2D eigenvalue weighted by molar-refractivity contribution is 0.0497. The molecule has 8 heteroatoms. The first kappa shape index (κ1) is 21.7. The van der Waals surface area contributed by atoms with Gasteiger partial charge in [0.05, 0.1) is 31.5 Å². The number of methoxy groups -OCH3 is 2. The summed E-state index contributed by atoms with van der Waals surface area (Å²) < 4.78 is 16.4. The largest absolute Gasteiger partial charge is 0.497 e. The van der Waals surface area contributed by atoms with E-state index in [4.69, 9.17) is 19.2 Å². The number of carbonyl (C=O) groups excluding carboxylic acids is 1. The zero-order chi connectivity index (χ0) is 22.5. The van der Waals surface area contributed by atoms with Crippen molar-refractivity contribution in [1.82, 2.24) is 9.97 Å². The van der Waals surface area contributed by atoms with Crippen molar-refractivity contribution in [3.05, 3.63) is 47.7 Å². The van der Waals surface area contributed by atoms with Gasteiger partial charge in [-0.3, -0.25) is 4.98 Å². The minimum Gasteiger partial charge on any atom is -0.497 e. The maximum absolute atomic E-state index is 13.0. The number of nitrogens with zero attached hydrogens (tertiary/aromatic N) is 2. The van der Waals surface area contributed by atoms with Gasteiger partial charge in [-0.15, -0.1) is 0 Å². The molecule has 1 aliphatic heterocycles. The Kier molecular flexibility index (Phi) is 6.58. The SMILES string of the molecule is CCCC[C@H]1COC(=O)c2c(NCc3ccc(OC)cc3OC)nc3cccnc3c2N1. The van der Waals surface area contributed by atoms with Crippen LogP contribution in [0, 0.1) is 0 Å². The molecule has 0 amide bonds. The van der Waals surface area contributed by atoms with E-state index in [2.05, 4.69) is 22.5 Å². The van der Waals surface area contributed by atoms with Crippen molar-refractivity contribution < 1.29 is 19.0 Å². The average molecular weight is 437 g/mol. The number of cyclic esters (lactones) is 1. The first-order valence-electron chi connectivity index (χ1n) is 10.8. The Labute approximate surface area is 187 Å². The molecule has 1 atom stereocenters. The predicted molar refractivity (Wildman–Crippen MR) is 124 cm³/mol. The van der Waals surface area contributed by atoms with Crippen molar-refractivity contribution in [2.75, 3.05) is 31.5 Å². The summed E-state index contributed by atoms with van der Waals surface area (Å²) in [6, 6.07) is 9.36. The Morgan fingerprint density at radius 3 is 2.91 bits per heavy atom. The van der Waals surface area contributed by atoms with E-state index in [1.807, 2.05) is 30.3 Å². The van der Waals surface area contributed by atoms with Crippen LogP contribution >= 0.6 is 0 Å². The van der Waals surface area contributed by atoms with Crippen molar-refractivity contribution in [3.63, 3.8) is 0 Å². The second-order valence-corrected chi connectivity index (χ2v) is 7.69. The third-order valence-electron chi connectivity index (χ3n) is 5.56. The molecule has 0 bridgehead atoms. The van der Waals surface area contributed by atoms with Crippen LogP contribution in [-0.2, 0) is 11.3 Å². The second kappa shape index (κ2) is 9.72. The summed E-state index contributed by atoms with van der Waals surface area (Å²) in [7, 11) is 3.23. The first-order valence-corrected chi connectivity index (χ1v) is 10.8. The van der Waals surface area contributed by atoms with E-state index in [0.717, 1.165) is 24.8 Å². The molecule has 168 valence electrons. The minimum absolute atomic E-state index is 0.0299. The second-order valence-electron chi connectivity index (χ2n) is 7.69. The highest BCUT2D eigenvalue weighted by atomic mass is 16.5. The minimum atomic E-state index is -0.407. The monoisotopic (exact) mass is 436 g/mol. The van der Waals surface area contributed by atoms with Gasteiger partial charge in [-0.05, 0) is 30.7 Å². The number of carbonyl (C=O) groups is 1. The van der Waals surface area contributed by atoms with Crippen molar-refractivity contribution in [2.24, 2.45) is 0 Å². The number of fused-ring (bicyclic) bond motifs is 3. The van der Waals surface area contributed by atoms with Crippen molar-refractivity contribution >= 4 is 28.5 Å². The topological polar surface area (TPSA) is 94.6 Å². The van der Waals surface area contributed by atoms with Crippen LogP contribution < -0.4 is 20.1 Å². The third kappa shape index (κ3) is 4.39. The molecule has 0 radical (unpaired) electrons. The molecule has 1 aromatic carbocycles. The molecular weight excluding hydrogens is 408 g/mol. The number of pyridine rings is 2. The lowest BCUT2D eigenvalue weighted by Gasteiger charge is -2.18. The van der Waals surface area contributed by atoms with E-state index >= 15 is 0 Å². The average Bonchev–Trinajstić information content (AvgIpc) is 3.00. The smallest absolute Gasteiger partial charge is 0.344 e. The van der Waals surface area contributed by atoms with Gasteiger partial charge >= 0.3 is 5.97 Å². The summed E-state index contributed by atoms with van der Waals surface area (Å²) in [6.07, 6.45) is 4.73. The number of esters is 1. The number of aromatic nitrogens is 2. The lowest BCUT2D eigenvalue weighted by atomic mass is 10.1. The van der Waals surface area contributed by atoms with Gasteiger partial charge in [0.15, 0.2) is 0 Å². The van der Waals surface area contributed by atoms with Gasteiger partial charge in [0, 0.05) is 24.4 Å². The molecule has 32 heavy (non-hydrogen) atoms. The predicted octanol–water partition coefficient (Wildman–Crippen LogP) is 4.40. The number of benzene rings is 1. The van der Waals surface area contributed by atoms with Gasteiger partial charge in [-0.25, -0.2) is 9.78 Å². The van der Waals surface area contributed by atoms with Crippen LogP contribution in [0.1, 0.15) is 42.1 Å². The maximum atomic E-state index is 13.0. The van der Waals surface area contributed by atoms with Crippen LogP contribution in [0.3, 0.4) is 0 Å². The molecule has 2 aromatic heterocycles. The zero-order valence-corrected chi connectivity index (χ0v) is 18.6. The molecule has 0 fully saturated rings. The quantitative estimate of drug-likeness (QED) is 0.502. The Hall–Kier alpha value is -3.55. The van der Waals surface area contributed by atoms with Crippen molar-refractivity contribution in [2.45, 2.75) is 38.8 Å². The van der Waals surface area contributed by atoms with E-state index in [9.17, 15) is 4.79 Å². The summed E-state index contributed by atoms with van der Waals surface area (Å²) in [5.74, 6) is 1.44. The number of hydrogen-bond donors (Lipinski definition) is 2. The highest BCUT2D eigenvalue weighted by molar-refractivity contribution is 6.08. The fourth-order valence-corrected chi connectivity index (χ4v) is 3.84. The van der Waals surface area contributed by atoms with Gasteiger partial charge in [0.1, 0.15) is 35.0 Å². The molecule has 0 unspecified atom stereocenters. The summed E-state index contributed by atoms with van der Waals surface area (Å²) in [6.45, 7) is 2.87. The number of nitrogens with one attached hydrogen (secondary N) is 2. The molecular formula is C24H28N4O4. The van der Waals surface area contributed by atoms with E-state index in [1.165, 1.54) is 0 Å². The summed E-state index contributed by atoms with van der Waals surface area (Å²) in [5.41, 5.74) is 3.32. The summed E-state index contributed by atoms with van der Waals surface area (Å²) in [4.78, 5) is 22.2. The van der Waals surface area contributed by atoms with E-state index < -0.39 is 5.97 Å². The highest BCUT2D eigenvalue weighted by Crippen LogP contribution is 2.34. The molecule has 0 spiro atoms. The van der Waals surface area contributed by atoms with Gasteiger partial charge in [-0.1, -0.05) is 19.8 Å². The van der Waals surface area contributed by atoms with Crippen LogP contribution in [0.15, 0.2) is 36.5 Å². The number of unbranched alkanes of at least 4 members (excludes halogenated alkanes) is 1. The number of anilines is 2. The van der Waals surface area contributed by atoms with Crippen LogP contribution in [0.25, 0.3) is 11.0 Å². The summed E-state index contributed by atoms with van der Waals surface area (Å²) in [5, 5.41) is 6.82. The van der Waals surface area contributed by atoms with Crippen molar-refractivity contribution in [1.29, 1.82) is 0 Å². The Morgan fingerprint density at radius 1 is 1.25 bits per heavy atom. The fraction of sp³-hybridized carbons (Fsp3) is 0.375. The van der Waals surface area contributed by atoms with Crippen LogP contribution in [-0.4, -0.2) is 42.8 Å². The highest BCUT2D eigenvalue weighted by Gasteiger charge is 2.29. The van der Waals surface area contributed by atoms with Gasteiger partial charge < -0.3 is 24.8 Å². The Morgan fingerprint density at radius 2 is 2.12 bits per heavy atom. The molecule has 0 saturated heterocycles. The lowest BCUT2D eigenvalue weighted by Crippen LogP contribution is -2.24. The van der Waals surface area contributed by atoms with Crippen molar-refractivity contribution in [3.8, 4) is 11.5 Å². The molecule has 1 aliphatic rings. The van der Waals surface area contributed by atoms with E-state index in [-0.39, 0.29) is 6.04 Å². The zero-order valence-electron chi connectivity index (χ0n) is 18.6. The molecule has 2 N–H and O–H groups in total. The van der Waals surface area contributed by atoms with Gasteiger partial charge in [0.25, 0.3) is 0 Å². The first-order chi connectivity index (χ1) is 15.6. The van der Waals surface area contributed by atoms with Gasteiger partial charge in [-0.2, -0.15) is 0 Å². The van der Waals surface area contributed by atoms with Crippen LogP contribution in [0.2, 0.25) is 0 Å². The molecule has 4 rings (SSSR count). The van der Waals surface area contributed by atoms with Gasteiger partial charge in [0.2, 0.25) is 0 Å². The number of hydrogen-bond acceptors (Lipinski definition) is 8. The molecule has 0 saturated carbocycles. The van der Waals surface area contributed by atoms with Crippen LogP contribution in [0.4, 0.5) is 11.5 Å². The maximum Gasteiger partial charge on any atom is 0.344 e. The third-order valence-corrected chi connectivity index (χ3v) is 5.56. The Balaban J connectivity index is 1.72. The number of rotatable bonds is 8. The molecule has 0 aliphatic carbocycles. The summed E-state index contributed by atoms with van der Waals surface area (Å²) >= 11 is 0. The molecule has 3 heterocycles. The van der Waals surface area contributed by atoms with Crippen LogP contribution in [0.5, 0.6) is 11.5 Å².